The molecule has 4 nitrogen and oxygen atoms in total. The summed E-state index contributed by atoms with van der Waals surface area (Å²) >= 11 is 0. The van der Waals surface area contributed by atoms with Crippen molar-refractivity contribution in [1.29, 1.82) is 0 Å². The fourth-order valence-electron chi connectivity index (χ4n) is 1.78. The molecular formula is C12H22N4. The van der Waals surface area contributed by atoms with Gasteiger partial charge in [-0.3, -0.25) is 0 Å². The number of aryl methyl sites for hydroxylation is 1. The largest absolute Gasteiger partial charge is 0.334 e. The highest BCUT2D eigenvalue weighted by molar-refractivity contribution is 4.88. The van der Waals surface area contributed by atoms with Crippen LogP contribution >= 0.6 is 0 Å². The molecule has 0 spiro atoms. The number of likely N-dealkylation sites (N-methyl/N-ethyl adjacent to an activating group) is 1. The van der Waals surface area contributed by atoms with E-state index in [2.05, 4.69) is 33.7 Å². The Bertz CT molecular complexity index is 317. The topological polar surface area (TPSA) is 33.1 Å². The molecule has 1 aliphatic rings. The molecular weight excluding hydrogens is 200 g/mol. The number of rotatable bonds is 7. The average molecular weight is 222 g/mol. The highest BCUT2D eigenvalue weighted by Gasteiger charge is 2.19. The van der Waals surface area contributed by atoms with Crippen molar-refractivity contribution >= 4 is 0 Å². The van der Waals surface area contributed by atoms with E-state index in [9.17, 15) is 0 Å². The second kappa shape index (κ2) is 5.46. The lowest BCUT2D eigenvalue weighted by Crippen LogP contribution is -2.32. The zero-order chi connectivity index (χ0) is 11.4. The summed E-state index contributed by atoms with van der Waals surface area (Å²) in [7, 11) is 2.18. The molecule has 0 amide bonds. The van der Waals surface area contributed by atoms with Crippen molar-refractivity contribution < 1.29 is 0 Å². The maximum absolute atomic E-state index is 4.22. The summed E-state index contributed by atoms with van der Waals surface area (Å²) in [6, 6.07) is 0.823. The van der Waals surface area contributed by atoms with Crippen molar-refractivity contribution in [2.45, 2.75) is 32.4 Å². The van der Waals surface area contributed by atoms with E-state index < -0.39 is 0 Å². The van der Waals surface area contributed by atoms with Crippen LogP contribution in [0.15, 0.2) is 12.4 Å². The van der Waals surface area contributed by atoms with Crippen LogP contribution in [0.2, 0.25) is 0 Å². The molecule has 0 unspecified atom stereocenters. The predicted molar refractivity (Wildman–Crippen MR) is 65.5 cm³/mol. The zero-order valence-corrected chi connectivity index (χ0v) is 10.3. The van der Waals surface area contributed by atoms with Crippen LogP contribution in [0.5, 0.6) is 0 Å². The molecule has 1 aliphatic carbocycles. The monoisotopic (exact) mass is 222 g/mol. The van der Waals surface area contributed by atoms with Gasteiger partial charge in [-0.2, -0.15) is 0 Å². The van der Waals surface area contributed by atoms with Gasteiger partial charge in [0.25, 0.3) is 0 Å². The second-order valence-electron chi connectivity index (χ2n) is 4.70. The number of hydrogen-bond donors (Lipinski definition) is 1. The van der Waals surface area contributed by atoms with Gasteiger partial charge in [0, 0.05) is 44.6 Å². The first kappa shape index (κ1) is 11.6. The van der Waals surface area contributed by atoms with Gasteiger partial charge in [-0.25, -0.2) is 4.98 Å². The van der Waals surface area contributed by atoms with Gasteiger partial charge in [0.05, 0.1) is 0 Å². The molecule has 1 fully saturated rings. The lowest BCUT2D eigenvalue weighted by atomic mass is 10.4. The number of imidazole rings is 1. The van der Waals surface area contributed by atoms with Crippen molar-refractivity contribution in [2.75, 3.05) is 26.7 Å². The Morgan fingerprint density at radius 2 is 2.31 bits per heavy atom. The molecule has 0 aliphatic heterocycles. The van der Waals surface area contributed by atoms with Gasteiger partial charge in [0.15, 0.2) is 0 Å². The van der Waals surface area contributed by atoms with Crippen molar-refractivity contribution in [1.82, 2.24) is 19.8 Å². The van der Waals surface area contributed by atoms with Gasteiger partial charge in [0.2, 0.25) is 0 Å². The van der Waals surface area contributed by atoms with Gasteiger partial charge in [0.1, 0.15) is 5.82 Å². The first-order valence-corrected chi connectivity index (χ1v) is 6.15. The fourth-order valence-corrected chi connectivity index (χ4v) is 1.78. The van der Waals surface area contributed by atoms with E-state index in [0.717, 1.165) is 38.0 Å². The van der Waals surface area contributed by atoms with Crippen molar-refractivity contribution in [3.8, 4) is 0 Å². The van der Waals surface area contributed by atoms with E-state index in [-0.39, 0.29) is 0 Å². The predicted octanol–water partition coefficient (Wildman–Crippen LogP) is 0.875. The summed E-state index contributed by atoms with van der Waals surface area (Å²) < 4.78 is 2.20. The summed E-state index contributed by atoms with van der Waals surface area (Å²) in [5.74, 6) is 1.10. The van der Waals surface area contributed by atoms with E-state index in [1.807, 2.05) is 12.4 Å². The van der Waals surface area contributed by atoms with Gasteiger partial charge in [-0.05, 0) is 26.8 Å². The third-order valence-corrected chi connectivity index (χ3v) is 3.15. The van der Waals surface area contributed by atoms with Crippen LogP contribution < -0.4 is 5.32 Å². The van der Waals surface area contributed by atoms with Crippen LogP contribution in [0.4, 0.5) is 0 Å². The van der Waals surface area contributed by atoms with E-state index >= 15 is 0 Å². The lowest BCUT2D eigenvalue weighted by Gasteiger charge is -2.17. The number of nitrogens with zero attached hydrogens (tertiary/aromatic N) is 3. The molecule has 4 heteroatoms. The third-order valence-electron chi connectivity index (χ3n) is 3.15. The quantitative estimate of drug-likeness (QED) is 0.743. The molecule has 16 heavy (non-hydrogen) atoms. The standard InChI is InChI=1S/C12H22N4/c1-11-13-6-8-16(11)10-9-15(2)7-5-14-12-3-4-12/h6,8,12,14H,3-5,7,9-10H2,1-2H3. The van der Waals surface area contributed by atoms with Crippen LogP contribution in [0, 0.1) is 6.92 Å². The highest BCUT2D eigenvalue weighted by Crippen LogP contribution is 2.17. The molecule has 0 bridgehead atoms. The minimum atomic E-state index is 0.823. The molecule has 0 atom stereocenters. The van der Waals surface area contributed by atoms with E-state index in [1.54, 1.807) is 0 Å². The SMILES string of the molecule is Cc1nccn1CCN(C)CCNC1CC1. The normalized spacial score (nSPS) is 15.9. The number of aromatic nitrogens is 2. The molecule has 1 aromatic rings. The molecule has 1 heterocycles. The second-order valence-corrected chi connectivity index (χ2v) is 4.70. The van der Waals surface area contributed by atoms with E-state index in [4.69, 9.17) is 0 Å². The van der Waals surface area contributed by atoms with Crippen molar-refractivity contribution in [3.05, 3.63) is 18.2 Å². The lowest BCUT2D eigenvalue weighted by molar-refractivity contribution is 0.315. The Kier molecular flexibility index (Phi) is 3.96. The zero-order valence-electron chi connectivity index (χ0n) is 10.3. The van der Waals surface area contributed by atoms with Crippen LogP contribution in [0.1, 0.15) is 18.7 Å². The molecule has 2 rings (SSSR count). The molecule has 0 saturated heterocycles. The maximum Gasteiger partial charge on any atom is 0.105 e. The number of hydrogen-bond acceptors (Lipinski definition) is 3. The van der Waals surface area contributed by atoms with Crippen molar-refractivity contribution in [2.24, 2.45) is 0 Å². The first-order chi connectivity index (χ1) is 7.75. The maximum atomic E-state index is 4.22. The highest BCUT2D eigenvalue weighted by atomic mass is 15.2. The van der Waals surface area contributed by atoms with Gasteiger partial charge >= 0.3 is 0 Å². The van der Waals surface area contributed by atoms with Crippen LogP contribution in [0.25, 0.3) is 0 Å². The smallest absolute Gasteiger partial charge is 0.105 e. The first-order valence-electron chi connectivity index (χ1n) is 6.15. The molecule has 1 aromatic heterocycles. The summed E-state index contributed by atoms with van der Waals surface area (Å²) in [4.78, 5) is 6.59. The van der Waals surface area contributed by atoms with Crippen LogP contribution in [-0.4, -0.2) is 47.2 Å². The Labute approximate surface area is 97.7 Å². The Morgan fingerprint density at radius 3 is 2.94 bits per heavy atom. The van der Waals surface area contributed by atoms with Gasteiger partial charge in [-0.1, -0.05) is 0 Å². The minimum Gasteiger partial charge on any atom is -0.334 e. The Hall–Kier alpha value is -0.870. The summed E-state index contributed by atoms with van der Waals surface area (Å²) in [6.45, 7) is 6.41. The Morgan fingerprint density at radius 1 is 1.50 bits per heavy atom. The molecule has 0 aromatic carbocycles. The molecule has 90 valence electrons. The van der Waals surface area contributed by atoms with Gasteiger partial charge < -0.3 is 14.8 Å². The summed E-state index contributed by atoms with van der Waals surface area (Å²) in [5, 5.41) is 3.53. The average Bonchev–Trinajstić information content (AvgIpc) is 2.99. The Balaban J connectivity index is 1.59. The number of nitrogens with one attached hydrogen (secondary N) is 1. The molecule has 1 N–H and O–H groups in total. The van der Waals surface area contributed by atoms with Crippen LogP contribution in [-0.2, 0) is 6.54 Å². The molecule has 0 radical (unpaired) electrons. The van der Waals surface area contributed by atoms with Crippen LogP contribution in [0.3, 0.4) is 0 Å². The summed E-state index contributed by atoms with van der Waals surface area (Å²) in [5.41, 5.74) is 0. The fraction of sp³-hybridized carbons (Fsp3) is 0.750. The molecule has 1 saturated carbocycles. The van der Waals surface area contributed by atoms with Crippen molar-refractivity contribution in [3.63, 3.8) is 0 Å². The van der Waals surface area contributed by atoms with E-state index in [1.165, 1.54) is 12.8 Å². The van der Waals surface area contributed by atoms with E-state index in [0.29, 0.717) is 0 Å². The summed E-state index contributed by atoms with van der Waals surface area (Å²) in [6.07, 6.45) is 6.66. The third kappa shape index (κ3) is 3.61. The minimum absolute atomic E-state index is 0.823. The van der Waals surface area contributed by atoms with Gasteiger partial charge in [-0.15, -0.1) is 0 Å².